The summed E-state index contributed by atoms with van der Waals surface area (Å²) in [6.45, 7) is 2.78. The predicted molar refractivity (Wildman–Crippen MR) is 70.9 cm³/mol. The van der Waals surface area contributed by atoms with E-state index in [9.17, 15) is 14.9 Å². The molecule has 1 atom stereocenters. The SMILES string of the molecule is Cc1c(C(=O)N2CCCC(N)C2)cccc1[N+](=O)[O-]. The molecular weight excluding hydrogens is 246 g/mol. The second-order valence-electron chi connectivity index (χ2n) is 4.86. The second kappa shape index (κ2) is 5.36. The first-order valence-electron chi connectivity index (χ1n) is 6.29. The Balaban J connectivity index is 2.28. The number of carbonyl (C=O) groups is 1. The molecule has 1 amide bonds. The van der Waals surface area contributed by atoms with Gasteiger partial charge < -0.3 is 10.6 Å². The zero-order valence-corrected chi connectivity index (χ0v) is 10.8. The Bertz CT molecular complexity index is 516. The fourth-order valence-corrected chi connectivity index (χ4v) is 2.42. The highest BCUT2D eigenvalue weighted by atomic mass is 16.6. The van der Waals surface area contributed by atoms with Crippen LogP contribution in [0.2, 0.25) is 0 Å². The molecule has 0 spiro atoms. The van der Waals surface area contributed by atoms with Gasteiger partial charge in [0.2, 0.25) is 0 Å². The fraction of sp³-hybridized carbons (Fsp3) is 0.462. The first kappa shape index (κ1) is 13.5. The van der Waals surface area contributed by atoms with E-state index in [1.165, 1.54) is 6.07 Å². The Labute approximate surface area is 111 Å². The van der Waals surface area contributed by atoms with Gasteiger partial charge in [-0.1, -0.05) is 6.07 Å². The summed E-state index contributed by atoms with van der Waals surface area (Å²) in [4.78, 5) is 24.5. The van der Waals surface area contributed by atoms with Crippen LogP contribution in [0.4, 0.5) is 5.69 Å². The normalized spacial score (nSPS) is 19.3. The molecule has 1 heterocycles. The van der Waals surface area contributed by atoms with Crippen LogP contribution in [0.25, 0.3) is 0 Å². The van der Waals surface area contributed by atoms with E-state index < -0.39 is 4.92 Å². The van der Waals surface area contributed by atoms with E-state index in [0.717, 1.165) is 12.8 Å². The molecule has 1 aromatic carbocycles. The summed E-state index contributed by atoms with van der Waals surface area (Å²) < 4.78 is 0. The van der Waals surface area contributed by atoms with Crippen LogP contribution in [-0.4, -0.2) is 34.9 Å². The third kappa shape index (κ3) is 2.73. The lowest BCUT2D eigenvalue weighted by molar-refractivity contribution is -0.385. The van der Waals surface area contributed by atoms with Gasteiger partial charge in [0.05, 0.1) is 4.92 Å². The lowest BCUT2D eigenvalue weighted by Gasteiger charge is -2.31. The van der Waals surface area contributed by atoms with Crippen LogP contribution in [-0.2, 0) is 0 Å². The van der Waals surface area contributed by atoms with Gasteiger partial charge in [0.15, 0.2) is 0 Å². The molecule has 1 fully saturated rings. The van der Waals surface area contributed by atoms with E-state index in [4.69, 9.17) is 5.73 Å². The number of nitro groups is 1. The molecule has 2 N–H and O–H groups in total. The van der Waals surface area contributed by atoms with Crippen LogP contribution in [0.3, 0.4) is 0 Å². The van der Waals surface area contributed by atoms with Crippen molar-refractivity contribution in [3.05, 3.63) is 39.4 Å². The van der Waals surface area contributed by atoms with Crippen molar-refractivity contribution in [2.75, 3.05) is 13.1 Å². The van der Waals surface area contributed by atoms with Crippen LogP contribution in [0.5, 0.6) is 0 Å². The molecule has 0 aromatic heterocycles. The summed E-state index contributed by atoms with van der Waals surface area (Å²) >= 11 is 0. The van der Waals surface area contributed by atoms with Crippen LogP contribution in [0, 0.1) is 17.0 Å². The van der Waals surface area contributed by atoms with Gasteiger partial charge in [-0.25, -0.2) is 0 Å². The standard InChI is InChI=1S/C13H17N3O3/c1-9-11(5-2-6-12(9)16(18)19)13(17)15-7-3-4-10(14)8-15/h2,5-6,10H,3-4,7-8,14H2,1H3. The number of rotatable bonds is 2. The molecule has 19 heavy (non-hydrogen) atoms. The summed E-state index contributed by atoms with van der Waals surface area (Å²) in [5.41, 5.74) is 6.64. The summed E-state index contributed by atoms with van der Waals surface area (Å²) in [6, 6.07) is 4.58. The number of nitrogens with zero attached hydrogens (tertiary/aromatic N) is 2. The number of hydrogen-bond donors (Lipinski definition) is 1. The molecule has 1 aromatic rings. The number of benzene rings is 1. The second-order valence-corrected chi connectivity index (χ2v) is 4.86. The van der Waals surface area contributed by atoms with Crippen LogP contribution >= 0.6 is 0 Å². The molecule has 1 aliphatic rings. The van der Waals surface area contributed by atoms with E-state index in [2.05, 4.69) is 0 Å². The molecule has 6 heteroatoms. The van der Waals surface area contributed by atoms with Crippen LogP contribution in [0.1, 0.15) is 28.8 Å². The average molecular weight is 263 g/mol. The predicted octanol–water partition coefficient (Wildman–Crippen LogP) is 1.47. The van der Waals surface area contributed by atoms with Gasteiger partial charge in [-0.3, -0.25) is 14.9 Å². The number of carbonyl (C=O) groups excluding carboxylic acids is 1. The van der Waals surface area contributed by atoms with E-state index in [1.54, 1.807) is 24.0 Å². The number of piperidine rings is 1. The van der Waals surface area contributed by atoms with Gasteiger partial charge in [-0.05, 0) is 25.8 Å². The largest absolute Gasteiger partial charge is 0.337 e. The van der Waals surface area contributed by atoms with Crippen molar-refractivity contribution in [1.82, 2.24) is 4.90 Å². The smallest absolute Gasteiger partial charge is 0.273 e. The molecule has 6 nitrogen and oxygen atoms in total. The maximum atomic E-state index is 12.4. The monoisotopic (exact) mass is 263 g/mol. The molecule has 0 bridgehead atoms. The molecular formula is C13H17N3O3. The Morgan fingerprint density at radius 1 is 1.53 bits per heavy atom. The fourth-order valence-electron chi connectivity index (χ4n) is 2.42. The topological polar surface area (TPSA) is 89.5 Å². The van der Waals surface area contributed by atoms with Crippen LogP contribution < -0.4 is 5.73 Å². The van der Waals surface area contributed by atoms with Gasteiger partial charge in [-0.2, -0.15) is 0 Å². The highest BCUT2D eigenvalue weighted by molar-refractivity contribution is 5.96. The van der Waals surface area contributed by atoms with Crippen molar-refractivity contribution in [2.45, 2.75) is 25.8 Å². The molecule has 0 saturated carbocycles. The summed E-state index contributed by atoms with van der Waals surface area (Å²) in [5.74, 6) is -0.170. The number of nitrogens with two attached hydrogens (primary N) is 1. The van der Waals surface area contributed by atoms with Gasteiger partial charge in [0.1, 0.15) is 0 Å². The Morgan fingerprint density at radius 2 is 2.26 bits per heavy atom. The third-order valence-corrected chi connectivity index (χ3v) is 3.48. The minimum absolute atomic E-state index is 0.00305. The minimum atomic E-state index is -0.464. The van der Waals surface area contributed by atoms with Gasteiger partial charge in [0.25, 0.3) is 11.6 Å². The first-order chi connectivity index (χ1) is 9.00. The quantitative estimate of drug-likeness (QED) is 0.646. The van der Waals surface area contributed by atoms with Gasteiger partial charge in [-0.15, -0.1) is 0 Å². The van der Waals surface area contributed by atoms with Gasteiger partial charge in [0, 0.05) is 36.3 Å². The summed E-state index contributed by atoms with van der Waals surface area (Å²) in [7, 11) is 0. The molecule has 102 valence electrons. The molecule has 0 radical (unpaired) electrons. The average Bonchev–Trinajstić information content (AvgIpc) is 2.38. The molecule has 1 aliphatic heterocycles. The van der Waals surface area contributed by atoms with E-state index in [1.807, 2.05) is 0 Å². The Morgan fingerprint density at radius 3 is 2.89 bits per heavy atom. The third-order valence-electron chi connectivity index (χ3n) is 3.48. The van der Waals surface area contributed by atoms with E-state index >= 15 is 0 Å². The number of likely N-dealkylation sites (tertiary alicyclic amines) is 1. The van der Waals surface area contributed by atoms with E-state index in [-0.39, 0.29) is 17.6 Å². The highest BCUT2D eigenvalue weighted by Crippen LogP contribution is 2.23. The van der Waals surface area contributed by atoms with Crippen molar-refractivity contribution in [1.29, 1.82) is 0 Å². The molecule has 1 saturated heterocycles. The highest BCUT2D eigenvalue weighted by Gasteiger charge is 2.25. The maximum absolute atomic E-state index is 12.4. The van der Waals surface area contributed by atoms with Crippen molar-refractivity contribution < 1.29 is 9.72 Å². The zero-order chi connectivity index (χ0) is 14.0. The zero-order valence-electron chi connectivity index (χ0n) is 10.8. The first-order valence-corrected chi connectivity index (χ1v) is 6.29. The molecule has 1 unspecified atom stereocenters. The lowest BCUT2D eigenvalue weighted by Crippen LogP contribution is -2.45. The van der Waals surface area contributed by atoms with Crippen molar-refractivity contribution >= 4 is 11.6 Å². The van der Waals surface area contributed by atoms with Crippen molar-refractivity contribution in [2.24, 2.45) is 5.73 Å². The number of amides is 1. The van der Waals surface area contributed by atoms with Crippen molar-refractivity contribution in [3.63, 3.8) is 0 Å². The molecule has 2 rings (SSSR count). The lowest BCUT2D eigenvalue weighted by atomic mass is 10.0. The molecule has 0 aliphatic carbocycles. The Kier molecular flexibility index (Phi) is 3.80. The van der Waals surface area contributed by atoms with E-state index in [0.29, 0.717) is 24.2 Å². The Hall–Kier alpha value is -1.95. The van der Waals surface area contributed by atoms with Crippen molar-refractivity contribution in [3.8, 4) is 0 Å². The number of nitro benzene ring substituents is 1. The van der Waals surface area contributed by atoms with Gasteiger partial charge >= 0.3 is 0 Å². The number of hydrogen-bond acceptors (Lipinski definition) is 4. The van der Waals surface area contributed by atoms with Crippen LogP contribution in [0.15, 0.2) is 18.2 Å². The summed E-state index contributed by atoms with van der Waals surface area (Å²) in [6.07, 6.45) is 1.79. The maximum Gasteiger partial charge on any atom is 0.273 e. The minimum Gasteiger partial charge on any atom is -0.337 e. The summed E-state index contributed by atoms with van der Waals surface area (Å²) in [5, 5.41) is 10.9.